The number of rotatable bonds is 7. The van der Waals surface area contributed by atoms with Gasteiger partial charge in [0.15, 0.2) is 0 Å². The average Bonchev–Trinajstić information content (AvgIpc) is 3.10. The van der Waals surface area contributed by atoms with Crippen LogP contribution in [0, 0.1) is 6.92 Å². The number of hydrogen-bond donors (Lipinski definition) is 1. The second-order valence-corrected chi connectivity index (χ2v) is 7.67. The first kappa shape index (κ1) is 18.3. The molecule has 0 bridgehead atoms. The van der Waals surface area contributed by atoms with E-state index in [1.54, 1.807) is 54.2 Å². The lowest BCUT2D eigenvalue weighted by Crippen LogP contribution is -2.14. The van der Waals surface area contributed by atoms with Gasteiger partial charge in [-0.05, 0) is 42.8 Å². The highest BCUT2D eigenvalue weighted by Crippen LogP contribution is 2.26. The second-order valence-electron chi connectivity index (χ2n) is 5.61. The molecule has 2 aromatic carbocycles. The first-order chi connectivity index (χ1) is 12.5. The number of anilines is 1. The van der Waals surface area contributed by atoms with Crippen molar-refractivity contribution in [1.82, 2.24) is 9.78 Å². The quantitative estimate of drug-likeness (QED) is 0.666. The van der Waals surface area contributed by atoms with E-state index in [2.05, 4.69) is 9.82 Å². The van der Waals surface area contributed by atoms with Crippen molar-refractivity contribution in [1.29, 1.82) is 0 Å². The summed E-state index contributed by atoms with van der Waals surface area (Å²) in [6.45, 7) is 2.70. The smallest absolute Gasteiger partial charge is 0.262 e. The van der Waals surface area contributed by atoms with Gasteiger partial charge in [-0.25, -0.2) is 8.42 Å². The molecule has 0 fully saturated rings. The monoisotopic (exact) mass is 391 g/mol. The lowest BCUT2D eigenvalue weighted by atomic mass is 10.2. The molecule has 1 heterocycles. The Labute approximate surface area is 157 Å². The number of aromatic nitrogens is 2. The van der Waals surface area contributed by atoms with Gasteiger partial charge in [0, 0.05) is 23.5 Å². The van der Waals surface area contributed by atoms with Crippen molar-refractivity contribution in [2.75, 3.05) is 11.3 Å². The van der Waals surface area contributed by atoms with E-state index in [0.29, 0.717) is 35.2 Å². The molecule has 0 radical (unpaired) electrons. The molecular weight excluding hydrogens is 374 g/mol. The summed E-state index contributed by atoms with van der Waals surface area (Å²) < 4.78 is 35.3. The summed E-state index contributed by atoms with van der Waals surface area (Å²) in [5.41, 5.74) is 0.925. The molecule has 0 saturated carbocycles. The predicted octanol–water partition coefficient (Wildman–Crippen LogP) is 3.72. The van der Waals surface area contributed by atoms with Crippen molar-refractivity contribution >= 4 is 27.3 Å². The summed E-state index contributed by atoms with van der Waals surface area (Å²) in [5, 5.41) is 4.50. The van der Waals surface area contributed by atoms with Crippen molar-refractivity contribution in [2.24, 2.45) is 0 Å². The summed E-state index contributed by atoms with van der Waals surface area (Å²) in [5.74, 6) is 0.570. The third-order valence-electron chi connectivity index (χ3n) is 3.74. The van der Waals surface area contributed by atoms with Crippen molar-refractivity contribution in [3.8, 4) is 5.75 Å². The van der Waals surface area contributed by atoms with E-state index in [9.17, 15) is 8.42 Å². The van der Waals surface area contributed by atoms with Crippen LogP contribution in [0.5, 0.6) is 5.75 Å². The molecular formula is C18H18ClN3O3S. The third kappa shape index (κ3) is 4.36. The summed E-state index contributed by atoms with van der Waals surface area (Å²) >= 11 is 6.03. The Morgan fingerprint density at radius 2 is 2.00 bits per heavy atom. The van der Waals surface area contributed by atoms with Gasteiger partial charge >= 0.3 is 0 Å². The summed E-state index contributed by atoms with van der Waals surface area (Å²) in [6, 6.07) is 13.4. The van der Waals surface area contributed by atoms with E-state index in [0.717, 1.165) is 0 Å². The molecule has 0 amide bonds. The fraction of sp³-hybridized carbons (Fsp3) is 0.167. The molecule has 0 atom stereocenters. The predicted molar refractivity (Wildman–Crippen MR) is 101 cm³/mol. The van der Waals surface area contributed by atoms with Crippen LogP contribution < -0.4 is 9.46 Å². The maximum atomic E-state index is 12.6. The molecule has 1 N–H and O–H groups in total. The van der Waals surface area contributed by atoms with Gasteiger partial charge in [-0.3, -0.25) is 9.40 Å². The standard InChI is InChI=1S/C18H18ClN3O3S/c1-14-17(19)7-3-8-18(14)26(23,24)21-15-5-2-6-16(13-15)25-12-11-22-10-4-9-20-22/h2-10,13,21H,11-12H2,1H3. The highest BCUT2D eigenvalue weighted by atomic mass is 35.5. The Kier molecular flexibility index (Phi) is 5.49. The fourth-order valence-corrected chi connectivity index (χ4v) is 3.98. The lowest BCUT2D eigenvalue weighted by Gasteiger charge is -2.12. The van der Waals surface area contributed by atoms with Crippen LogP contribution in [0.2, 0.25) is 5.02 Å². The van der Waals surface area contributed by atoms with Gasteiger partial charge in [0.05, 0.1) is 17.1 Å². The van der Waals surface area contributed by atoms with Gasteiger partial charge in [-0.15, -0.1) is 0 Å². The normalized spacial score (nSPS) is 11.3. The molecule has 3 aromatic rings. The Hall–Kier alpha value is -2.51. The first-order valence-corrected chi connectivity index (χ1v) is 9.80. The van der Waals surface area contributed by atoms with Crippen molar-refractivity contribution < 1.29 is 13.2 Å². The highest BCUT2D eigenvalue weighted by molar-refractivity contribution is 7.92. The Morgan fingerprint density at radius 1 is 1.19 bits per heavy atom. The van der Waals surface area contributed by atoms with Crippen molar-refractivity contribution in [3.05, 3.63) is 71.5 Å². The molecule has 0 saturated heterocycles. The SMILES string of the molecule is Cc1c(Cl)cccc1S(=O)(=O)Nc1cccc(OCCn2cccn2)c1. The van der Waals surface area contributed by atoms with Crippen LogP contribution in [0.25, 0.3) is 0 Å². The minimum absolute atomic E-state index is 0.148. The molecule has 0 aliphatic carbocycles. The number of benzene rings is 2. The number of hydrogen-bond acceptors (Lipinski definition) is 4. The van der Waals surface area contributed by atoms with E-state index in [4.69, 9.17) is 16.3 Å². The molecule has 26 heavy (non-hydrogen) atoms. The number of halogens is 1. The first-order valence-electron chi connectivity index (χ1n) is 7.94. The van der Waals surface area contributed by atoms with Gasteiger partial charge < -0.3 is 4.74 Å². The molecule has 8 heteroatoms. The molecule has 3 rings (SSSR count). The van der Waals surface area contributed by atoms with Gasteiger partial charge in [0.25, 0.3) is 10.0 Å². The number of sulfonamides is 1. The summed E-state index contributed by atoms with van der Waals surface area (Å²) in [7, 11) is -3.74. The zero-order valence-corrected chi connectivity index (χ0v) is 15.7. The number of ether oxygens (including phenoxy) is 1. The molecule has 136 valence electrons. The van der Waals surface area contributed by atoms with E-state index < -0.39 is 10.0 Å². The van der Waals surface area contributed by atoms with Crippen LogP contribution in [0.1, 0.15) is 5.56 Å². The Bertz CT molecular complexity index is 989. The molecule has 0 aliphatic rings. The third-order valence-corrected chi connectivity index (χ3v) is 5.68. The topological polar surface area (TPSA) is 73.2 Å². The lowest BCUT2D eigenvalue weighted by molar-refractivity contribution is 0.291. The van der Waals surface area contributed by atoms with Gasteiger partial charge in [0.1, 0.15) is 12.4 Å². The van der Waals surface area contributed by atoms with E-state index >= 15 is 0 Å². The fourth-order valence-electron chi connectivity index (χ4n) is 2.43. The second kappa shape index (κ2) is 7.80. The van der Waals surface area contributed by atoms with Crippen molar-refractivity contribution in [3.63, 3.8) is 0 Å². The Balaban J connectivity index is 1.70. The minimum Gasteiger partial charge on any atom is -0.492 e. The molecule has 6 nitrogen and oxygen atoms in total. The molecule has 1 aromatic heterocycles. The zero-order chi connectivity index (χ0) is 18.6. The van der Waals surface area contributed by atoms with E-state index in [1.807, 2.05) is 12.3 Å². The van der Waals surface area contributed by atoms with E-state index in [-0.39, 0.29) is 4.90 Å². The van der Waals surface area contributed by atoms with Gasteiger partial charge in [-0.2, -0.15) is 5.10 Å². The average molecular weight is 392 g/mol. The van der Waals surface area contributed by atoms with Crippen molar-refractivity contribution in [2.45, 2.75) is 18.4 Å². The van der Waals surface area contributed by atoms with Crippen LogP contribution in [-0.4, -0.2) is 24.8 Å². The maximum Gasteiger partial charge on any atom is 0.262 e. The molecule has 0 spiro atoms. The van der Waals surface area contributed by atoms with Crippen LogP contribution in [0.15, 0.2) is 65.8 Å². The van der Waals surface area contributed by atoms with Crippen LogP contribution >= 0.6 is 11.6 Å². The van der Waals surface area contributed by atoms with Crippen LogP contribution in [0.3, 0.4) is 0 Å². The Morgan fingerprint density at radius 3 is 2.77 bits per heavy atom. The maximum absolute atomic E-state index is 12.6. The summed E-state index contributed by atoms with van der Waals surface area (Å²) in [4.78, 5) is 0.148. The minimum atomic E-state index is -3.74. The summed E-state index contributed by atoms with van der Waals surface area (Å²) in [6.07, 6.45) is 3.55. The molecule has 0 unspecified atom stereocenters. The van der Waals surface area contributed by atoms with Gasteiger partial charge in [-0.1, -0.05) is 23.7 Å². The van der Waals surface area contributed by atoms with Crippen LogP contribution in [-0.2, 0) is 16.6 Å². The van der Waals surface area contributed by atoms with Crippen LogP contribution in [0.4, 0.5) is 5.69 Å². The van der Waals surface area contributed by atoms with Gasteiger partial charge in [0.2, 0.25) is 0 Å². The largest absolute Gasteiger partial charge is 0.492 e. The van der Waals surface area contributed by atoms with E-state index in [1.165, 1.54) is 6.07 Å². The zero-order valence-electron chi connectivity index (χ0n) is 14.1. The molecule has 0 aliphatic heterocycles. The highest BCUT2D eigenvalue weighted by Gasteiger charge is 2.18. The number of nitrogens with one attached hydrogen (secondary N) is 1. The number of nitrogens with zero attached hydrogens (tertiary/aromatic N) is 2.